The highest BCUT2D eigenvalue weighted by molar-refractivity contribution is 5.74. The molecule has 0 unspecified atom stereocenters. The second kappa shape index (κ2) is 6.81. The van der Waals surface area contributed by atoms with Crippen LogP contribution < -0.4 is 5.32 Å². The molecule has 1 aromatic heterocycles. The van der Waals surface area contributed by atoms with Gasteiger partial charge in [-0.05, 0) is 30.9 Å². The predicted molar refractivity (Wildman–Crippen MR) is 86.0 cm³/mol. The van der Waals surface area contributed by atoms with Gasteiger partial charge in [-0.1, -0.05) is 29.4 Å². The average molecular weight is 314 g/mol. The number of benzene rings is 1. The van der Waals surface area contributed by atoms with E-state index in [0.29, 0.717) is 24.8 Å². The van der Waals surface area contributed by atoms with Gasteiger partial charge in [0.15, 0.2) is 5.82 Å². The summed E-state index contributed by atoms with van der Waals surface area (Å²) in [4.78, 5) is 18.6. The van der Waals surface area contributed by atoms with Crippen molar-refractivity contribution >= 4 is 6.03 Å². The van der Waals surface area contributed by atoms with Gasteiger partial charge in [0, 0.05) is 32.5 Å². The number of piperidine rings is 1. The fourth-order valence-corrected chi connectivity index (χ4v) is 2.94. The van der Waals surface area contributed by atoms with Crippen LogP contribution in [-0.4, -0.2) is 34.2 Å². The maximum absolute atomic E-state index is 12.4. The second-order valence-corrected chi connectivity index (χ2v) is 6.04. The Morgan fingerprint density at radius 3 is 2.96 bits per heavy atom. The van der Waals surface area contributed by atoms with Crippen molar-refractivity contribution in [2.75, 3.05) is 13.1 Å². The highest BCUT2D eigenvalue weighted by Gasteiger charge is 2.27. The van der Waals surface area contributed by atoms with Gasteiger partial charge < -0.3 is 14.7 Å². The summed E-state index contributed by atoms with van der Waals surface area (Å²) in [5, 5.41) is 7.00. The summed E-state index contributed by atoms with van der Waals surface area (Å²) in [6, 6.07) is 8.05. The maximum atomic E-state index is 12.4. The molecule has 6 nitrogen and oxygen atoms in total. The predicted octanol–water partition coefficient (Wildman–Crippen LogP) is 2.78. The van der Waals surface area contributed by atoms with Gasteiger partial charge in [0.05, 0.1) is 0 Å². The molecule has 1 saturated heterocycles. The van der Waals surface area contributed by atoms with Crippen LogP contribution in [0.2, 0.25) is 0 Å². The van der Waals surface area contributed by atoms with Gasteiger partial charge in [-0.2, -0.15) is 4.98 Å². The van der Waals surface area contributed by atoms with E-state index in [4.69, 9.17) is 4.52 Å². The summed E-state index contributed by atoms with van der Waals surface area (Å²) >= 11 is 0. The Bertz CT molecular complexity index is 683. The molecule has 1 fully saturated rings. The van der Waals surface area contributed by atoms with Crippen LogP contribution in [-0.2, 0) is 6.54 Å². The van der Waals surface area contributed by atoms with Crippen LogP contribution in [0.5, 0.6) is 0 Å². The van der Waals surface area contributed by atoms with E-state index in [9.17, 15) is 4.79 Å². The third-order valence-electron chi connectivity index (χ3n) is 4.31. The van der Waals surface area contributed by atoms with Crippen molar-refractivity contribution < 1.29 is 9.32 Å². The van der Waals surface area contributed by atoms with E-state index in [-0.39, 0.29) is 11.9 Å². The zero-order chi connectivity index (χ0) is 16.2. The van der Waals surface area contributed by atoms with E-state index in [1.807, 2.05) is 23.1 Å². The minimum Gasteiger partial charge on any atom is -0.340 e. The Hall–Kier alpha value is -2.37. The SMILES string of the molecule is Cc1nc([C@@H]2CCCN(C(=O)NCc3ccccc3C)C2)no1. The molecule has 1 aliphatic heterocycles. The molecule has 1 aliphatic rings. The average Bonchev–Trinajstić information content (AvgIpc) is 3.00. The maximum Gasteiger partial charge on any atom is 0.317 e. The summed E-state index contributed by atoms with van der Waals surface area (Å²) in [6.07, 6.45) is 1.94. The molecule has 1 atom stereocenters. The van der Waals surface area contributed by atoms with Gasteiger partial charge in [-0.3, -0.25) is 0 Å². The minimum absolute atomic E-state index is 0.0295. The van der Waals surface area contributed by atoms with Crippen molar-refractivity contribution in [3.63, 3.8) is 0 Å². The molecule has 23 heavy (non-hydrogen) atoms. The molecule has 0 aliphatic carbocycles. The number of rotatable bonds is 3. The lowest BCUT2D eigenvalue weighted by molar-refractivity contribution is 0.177. The Morgan fingerprint density at radius 2 is 2.22 bits per heavy atom. The number of aromatic nitrogens is 2. The van der Waals surface area contributed by atoms with Crippen LogP contribution in [0, 0.1) is 13.8 Å². The van der Waals surface area contributed by atoms with Crippen LogP contribution in [0.3, 0.4) is 0 Å². The van der Waals surface area contributed by atoms with Crippen LogP contribution in [0.15, 0.2) is 28.8 Å². The molecular formula is C17H22N4O2. The molecule has 0 bridgehead atoms. The molecule has 1 aromatic carbocycles. The van der Waals surface area contributed by atoms with Gasteiger partial charge in [0.2, 0.25) is 5.89 Å². The van der Waals surface area contributed by atoms with Gasteiger partial charge in [-0.25, -0.2) is 4.79 Å². The minimum atomic E-state index is -0.0295. The van der Waals surface area contributed by atoms with Crippen molar-refractivity contribution in [1.29, 1.82) is 0 Å². The number of nitrogens with one attached hydrogen (secondary N) is 1. The molecular weight excluding hydrogens is 292 g/mol. The van der Waals surface area contributed by atoms with E-state index in [0.717, 1.165) is 24.9 Å². The largest absolute Gasteiger partial charge is 0.340 e. The van der Waals surface area contributed by atoms with Crippen LogP contribution in [0.25, 0.3) is 0 Å². The van der Waals surface area contributed by atoms with Crippen LogP contribution in [0.4, 0.5) is 4.79 Å². The number of likely N-dealkylation sites (tertiary alicyclic amines) is 1. The molecule has 122 valence electrons. The molecule has 1 N–H and O–H groups in total. The van der Waals surface area contributed by atoms with Crippen molar-refractivity contribution in [2.24, 2.45) is 0 Å². The lowest BCUT2D eigenvalue weighted by Gasteiger charge is -2.31. The van der Waals surface area contributed by atoms with E-state index < -0.39 is 0 Å². The fourth-order valence-electron chi connectivity index (χ4n) is 2.94. The Morgan fingerprint density at radius 1 is 1.39 bits per heavy atom. The molecule has 0 radical (unpaired) electrons. The zero-order valence-corrected chi connectivity index (χ0v) is 13.6. The summed E-state index contributed by atoms with van der Waals surface area (Å²) in [7, 11) is 0. The van der Waals surface area contributed by atoms with Crippen LogP contribution in [0.1, 0.15) is 41.6 Å². The van der Waals surface area contributed by atoms with Gasteiger partial charge in [0.1, 0.15) is 0 Å². The first-order chi connectivity index (χ1) is 11.1. The third kappa shape index (κ3) is 3.70. The van der Waals surface area contributed by atoms with Gasteiger partial charge in [0.25, 0.3) is 0 Å². The number of carbonyl (C=O) groups is 1. The van der Waals surface area contributed by atoms with Crippen molar-refractivity contribution in [3.05, 3.63) is 47.1 Å². The quantitative estimate of drug-likeness (QED) is 0.945. The molecule has 3 rings (SSSR count). The first-order valence-electron chi connectivity index (χ1n) is 8.01. The van der Waals surface area contributed by atoms with Gasteiger partial charge in [-0.15, -0.1) is 0 Å². The van der Waals surface area contributed by atoms with Crippen LogP contribution >= 0.6 is 0 Å². The molecule has 2 aromatic rings. The van der Waals surface area contributed by atoms with E-state index in [1.165, 1.54) is 5.56 Å². The Balaban J connectivity index is 1.58. The number of urea groups is 1. The smallest absolute Gasteiger partial charge is 0.317 e. The summed E-state index contributed by atoms with van der Waals surface area (Å²) < 4.78 is 5.05. The lowest BCUT2D eigenvalue weighted by Crippen LogP contribution is -2.44. The molecule has 2 heterocycles. The lowest BCUT2D eigenvalue weighted by atomic mass is 9.97. The molecule has 0 spiro atoms. The van der Waals surface area contributed by atoms with Crippen molar-refractivity contribution in [1.82, 2.24) is 20.4 Å². The first-order valence-corrected chi connectivity index (χ1v) is 8.01. The number of aryl methyl sites for hydroxylation is 2. The highest BCUT2D eigenvalue weighted by Crippen LogP contribution is 2.24. The highest BCUT2D eigenvalue weighted by atomic mass is 16.5. The van der Waals surface area contributed by atoms with E-state index in [2.05, 4.69) is 28.4 Å². The number of hydrogen-bond donors (Lipinski definition) is 1. The van der Waals surface area contributed by atoms with E-state index in [1.54, 1.807) is 6.92 Å². The van der Waals surface area contributed by atoms with Gasteiger partial charge >= 0.3 is 6.03 Å². The number of carbonyl (C=O) groups excluding carboxylic acids is 1. The van der Waals surface area contributed by atoms with Crippen molar-refractivity contribution in [2.45, 2.75) is 39.2 Å². The van der Waals surface area contributed by atoms with E-state index >= 15 is 0 Å². The zero-order valence-electron chi connectivity index (χ0n) is 13.6. The number of hydrogen-bond acceptors (Lipinski definition) is 4. The Kier molecular flexibility index (Phi) is 4.60. The summed E-state index contributed by atoms with van der Waals surface area (Å²) in [5.74, 6) is 1.44. The molecule has 0 saturated carbocycles. The Labute approximate surface area is 135 Å². The first kappa shape index (κ1) is 15.5. The monoisotopic (exact) mass is 314 g/mol. The third-order valence-corrected chi connectivity index (χ3v) is 4.31. The summed E-state index contributed by atoms with van der Waals surface area (Å²) in [5.41, 5.74) is 2.33. The number of amides is 2. The fraction of sp³-hybridized carbons (Fsp3) is 0.471. The molecule has 2 amide bonds. The standard InChI is InChI=1S/C17H22N4O2/c1-12-6-3-4-7-14(12)10-18-17(22)21-9-5-8-15(11-21)16-19-13(2)23-20-16/h3-4,6-7,15H,5,8-11H2,1-2H3,(H,18,22)/t15-/m1/s1. The normalized spacial score (nSPS) is 18.0. The second-order valence-electron chi connectivity index (χ2n) is 6.04. The number of nitrogens with zero attached hydrogens (tertiary/aromatic N) is 3. The van der Waals surface area contributed by atoms with Crippen molar-refractivity contribution in [3.8, 4) is 0 Å². The topological polar surface area (TPSA) is 71.3 Å². The summed E-state index contributed by atoms with van der Waals surface area (Å²) in [6.45, 7) is 5.79. The molecule has 6 heteroatoms.